The van der Waals surface area contributed by atoms with E-state index in [9.17, 15) is 4.79 Å². The summed E-state index contributed by atoms with van der Waals surface area (Å²) in [7, 11) is 0. The molecule has 0 saturated carbocycles. The van der Waals surface area contributed by atoms with Crippen LogP contribution in [-0.2, 0) is 4.74 Å². The van der Waals surface area contributed by atoms with Crippen molar-refractivity contribution < 1.29 is 13.9 Å². The van der Waals surface area contributed by atoms with Crippen LogP contribution >= 0.6 is 0 Å². The molecule has 1 spiro atoms. The normalized spacial score (nSPS) is 26.7. The summed E-state index contributed by atoms with van der Waals surface area (Å²) in [5.41, 5.74) is 0.319. The second-order valence-corrected chi connectivity index (χ2v) is 6.43. The molecule has 7 heteroatoms. The van der Waals surface area contributed by atoms with Gasteiger partial charge in [0.2, 0.25) is 5.95 Å². The molecule has 126 valence electrons. The summed E-state index contributed by atoms with van der Waals surface area (Å²) in [6.45, 7) is 2.00. The standard InChI is InChI=1S/C17H20N4O3/c22-15(13-2-8-23-11-13)21-7-4-17(12-21)10-14(3-9-24-17)20-16-18-5-1-6-19-16/h1-2,5-6,8,11,14H,3-4,7,9-10,12H2,(H,18,19,20)/t14-,17+/m1/s1. The summed E-state index contributed by atoms with van der Waals surface area (Å²) >= 11 is 0. The number of carbonyl (C=O) groups is 1. The number of amides is 1. The molecule has 0 unspecified atom stereocenters. The minimum absolute atomic E-state index is 0.00528. The van der Waals surface area contributed by atoms with Crippen LogP contribution in [0.4, 0.5) is 5.95 Å². The zero-order valence-corrected chi connectivity index (χ0v) is 13.4. The first-order chi connectivity index (χ1) is 11.7. The van der Waals surface area contributed by atoms with Crippen LogP contribution in [0.25, 0.3) is 0 Å². The van der Waals surface area contributed by atoms with E-state index in [0.29, 0.717) is 31.2 Å². The van der Waals surface area contributed by atoms with Gasteiger partial charge in [0, 0.05) is 31.6 Å². The van der Waals surface area contributed by atoms with E-state index in [0.717, 1.165) is 19.3 Å². The van der Waals surface area contributed by atoms with Crippen LogP contribution in [-0.4, -0.2) is 52.1 Å². The van der Waals surface area contributed by atoms with E-state index in [1.807, 2.05) is 4.90 Å². The Bertz CT molecular complexity index is 691. The number of rotatable bonds is 3. The monoisotopic (exact) mass is 328 g/mol. The molecule has 2 atom stereocenters. The summed E-state index contributed by atoms with van der Waals surface area (Å²) < 4.78 is 11.1. The molecular formula is C17H20N4O3. The van der Waals surface area contributed by atoms with Gasteiger partial charge in [-0.3, -0.25) is 4.79 Å². The number of carbonyl (C=O) groups excluding carboxylic acids is 1. The Balaban J connectivity index is 1.41. The summed E-state index contributed by atoms with van der Waals surface area (Å²) in [6.07, 6.45) is 9.08. The first kappa shape index (κ1) is 15.1. The van der Waals surface area contributed by atoms with Crippen molar-refractivity contribution in [2.24, 2.45) is 0 Å². The lowest BCUT2D eigenvalue weighted by Crippen LogP contribution is -2.47. The van der Waals surface area contributed by atoms with E-state index in [2.05, 4.69) is 15.3 Å². The topological polar surface area (TPSA) is 80.5 Å². The van der Waals surface area contributed by atoms with Crippen LogP contribution in [0.1, 0.15) is 29.6 Å². The highest BCUT2D eigenvalue weighted by Crippen LogP contribution is 2.35. The number of furan rings is 1. The zero-order chi connectivity index (χ0) is 16.4. The molecule has 0 radical (unpaired) electrons. The van der Waals surface area contributed by atoms with Crippen LogP contribution in [0.15, 0.2) is 41.5 Å². The first-order valence-corrected chi connectivity index (χ1v) is 8.23. The molecule has 0 aliphatic carbocycles. The summed E-state index contributed by atoms with van der Waals surface area (Å²) in [6, 6.07) is 3.75. The van der Waals surface area contributed by atoms with E-state index in [4.69, 9.17) is 9.15 Å². The van der Waals surface area contributed by atoms with Crippen molar-refractivity contribution >= 4 is 11.9 Å². The molecular weight excluding hydrogens is 308 g/mol. The molecule has 1 N–H and O–H groups in total. The fourth-order valence-electron chi connectivity index (χ4n) is 3.58. The number of likely N-dealkylation sites (tertiary alicyclic amines) is 1. The van der Waals surface area contributed by atoms with E-state index in [1.165, 1.54) is 12.5 Å². The highest BCUT2D eigenvalue weighted by Gasteiger charge is 2.45. The van der Waals surface area contributed by atoms with Gasteiger partial charge in [-0.15, -0.1) is 0 Å². The summed E-state index contributed by atoms with van der Waals surface area (Å²) in [5, 5.41) is 3.38. The predicted molar refractivity (Wildman–Crippen MR) is 86.6 cm³/mol. The predicted octanol–water partition coefficient (Wildman–Crippen LogP) is 1.95. The molecule has 0 bridgehead atoms. The van der Waals surface area contributed by atoms with Crippen LogP contribution in [0.5, 0.6) is 0 Å². The minimum Gasteiger partial charge on any atom is -0.472 e. The highest BCUT2D eigenvalue weighted by molar-refractivity contribution is 5.94. The summed E-state index contributed by atoms with van der Waals surface area (Å²) in [5.74, 6) is 0.648. The molecule has 7 nitrogen and oxygen atoms in total. The quantitative estimate of drug-likeness (QED) is 0.927. The van der Waals surface area contributed by atoms with E-state index >= 15 is 0 Å². The lowest BCUT2D eigenvalue weighted by Gasteiger charge is -2.38. The lowest BCUT2D eigenvalue weighted by atomic mass is 9.89. The molecule has 1 amide bonds. The van der Waals surface area contributed by atoms with Crippen molar-refractivity contribution in [2.75, 3.05) is 25.0 Å². The second-order valence-electron chi connectivity index (χ2n) is 6.43. The Labute approximate surface area is 140 Å². The lowest BCUT2D eigenvalue weighted by molar-refractivity contribution is -0.0721. The smallest absolute Gasteiger partial charge is 0.257 e. The highest BCUT2D eigenvalue weighted by atomic mass is 16.5. The number of nitrogens with one attached hydrogen (secondary N) is 1. The average Bonchev–Trinajstić information content (AvgIpc) is 3.26. The Morgan fingerprint density at radius 1 is 1.38 bits per heavy atom. The minimum atomic E-state index is -0.274. The maximum atomic E-state index is 12.5. The molecule has 2 aromatic rings. The molecule has 2 aliphatic heterocycles. The van der Waals surface area contributed by atoms with Crippen LogP contribution in [0, 0.1) is 0 Å². The number of nitrogens with zero attached hydrogens (tertiary/aromatic N) is 3. The zero-order valence-electron chi connectivity index (χ0n) is 13.4. The van der Waals surface area contributed by atoms with Crippen LogP contribution in [0.3, 0.4) is 0 Å². The van der Waals surface area contributed by atoms with Gasteiger partial charge in [0.15, 0.2) is 0 Å². The van der Waals surface area contributed by atoms with Crippen LogP contribution in [0.2, 0.25) is 0 Å². The molecule has 2 fully saturated rings. The Morgan fingerprint density at radius 3 is 3.04 bits per heavy atom. The molecule has 2 aromatic heterocycles. The Morgan fingerprint density at radius 2 is 2.25 bits per heavy atom. The van der Waals surface area contributed by atoms with Crippen molar-refractivity contribution in [3.63, 3.8) is 0 Å². The molecule has 2 saturated heterocycles. The fraction of sp³-hybridized carbons (Fsp3) is 0.471. The number of hydrogen-bond donors (Lipinski definition) is 1. The van der Waals surface area contributed by atoms with Gasteiger partial charge in [-0.25, -0.2) is 9.97 Å². The van der Waals surface area contributed by atoms with Crippen molar-refractivity contribution in [3.05, 3.63) is 42.6 Å². The molecule has 24 heavy (non-hydrogen) atoms. The van der Waals surface area contributed by atoms with Gasteiger partial charge >= 0.3 is 0 Å². The number of anilines is 1. The van der Waals surface area contributed by atoms with Crippen molar-refractivity contribution in [1.29, 1.82) is 0 Å². The molecule has 4 heterocycles. The van der Waals surface area contributed by atoms with Gasteiger partial charge in [0.25, 0.3) is 5.91 Å². The SMILES string of the molecule is O=C(c1ccoc1)N1CC[C@]2(C[C@H](Nc3ncccn3)CCO2)C1. The van der Waals surface area contributed by atoms with Crippen molar-refractivity contribution in [3.8, 4) is 0 Å². The summed E-state index contributed by atoms with van der Waals surface area (Å²) in [4.78, 5) is 22.8. The van der Waals surface area contributed by atoms with Gasteiger partial charge in [0.05, 0.1) is 24.0 Å². The van der Waals surface area contributed by atoms with Gasteiger partial charge < -0.3 is 19.4 Å². The Hall–Kier alpha value is -2.41. The third kappa shape index (κ3) is 2.99. The molecule has 2 aliphatic rings. The first-order valence-electron chi connectivity index (χ1n) is 8.23. The second kappa shape index (κ2) is 6.24. The van der Waals surface area contributed by atoms with E-state index < -0.39 is 0 Å². The largest absolute Gasteiger partial charge is 0.472 e. The van der Waals surface area contributed by atoms with E-state index in [-0.39, 0.29) is 17.6 Å². The van der Waals surface area contributed by atoms with Crippen LogP contribution < -0.4 is 5.32 Å². The number of hydrogen-bond acceptors (Lipinski definition) is 6. The maximum Gasteiger partial charge on any atom is 0.257 e. The van der Waals surface area contributed by atoms with Gasteiger partial charge in [-0.1, -0.05) is 0 Å². The Kier molecular flexibility index (Phi) is 3.93. The van der Waals surface area contributed by atoms with Crippen molar-refractivity contribution in [1.82, 2.24) is 14.9 Å². The fourth-order valence-corrected chi connectivity index (χ4v) is 3.58. The third-order valence-electron chi connectivity index (χ3n) is 4.76. The third-order valence-corrected chi connectivity index (χ3v) is 4.76. The molecule has 4 rings (SSSR count). The van der Waals surface area contributed by atoms with Gasteiger partial charge in [0.1, 0.15) is 6.26 Å². The maximum absolute atomic E-state index is 12.5. The van der Waals surface area contributed by atoms with Gasteiger partial charge in [-0.2, -0.15) is 0 Å². The average molecular weight is 328 g/mol. The number of ether oxygens (including phenoxy) is 1. The van der Waals surface area contributed by atoms with E-state index in [1.54, 1.807) is 24.5 Å². The van der Waals surface area contributed by atoms with Crippen molar-refractivity contribution in [2.45, 2.75) is 30.9 Å². The number of aromatic nitrogens is 2. The van der Waals surface area contributed by atoms with Gasteiger partial charge in [-0.05, 0) is 31.4 Å². The molecule has 0 aromatic carbocycles.